The summed E-state index contributed by atoms with van der Waals surface area (Å²) < 4.78 is 13.2. The molecular formula is C14H11ClFNO. The standard InChI is InChI=1S/C14H11ClFNO/c15-13-7-3-1-6-12(13)10-18-17-9-11-5-2-4-8-14(11)16/h1-9H,10H2. The molecule has 0 aliphatic heterocycles. The number of hydrogen-bond donors (Lipinski definition) is 0. The van der Waals surface area contributed by atoms with E-state index in [-0.39, 0.29) is 12.4 Å². The van der Waals surface area contributed by atoms with E-state index >= 15 is 0 Å². The Labute approximate surface area is 110 Å². The number of nitrogens with zero attached hydrogens (tertiary/aromatic N) is 1. The second-order valence-electron chi connectivity index (χ2n) is 3.62. The van der Waals surface area contributed by atoms with Gasteiger partial charge in [-0.2, -0.15) is 0 Å². The third kappa shape index (κ3) is 3.31. The molecule has 0 N–H and O–H groups in total. The molecule has 92 valence electrons. The molecule has 0 amide bonds. The quantitative estimate of drug-likeness (QED) is 0.603. The predicted octanol–water partition coefficient (Wildman–Crippen LogP) is 4.03. The second kappa shape index (κ2) is 6.17. The Morgan fingerprint density at radius 3 is 2.61 bits per heavy atom. The van der Waals surface area contributed by atoms with E-state index in [0.717, 1.165) is 5.56 Å². The van der Waals surface area contributed by atoms with Crippen LogP contribution in [0.25, 0.3) is 0 Å². The molecule has 0 radical (unpaired) electrons. The molecule has 0 heterocycles. The average Bonchev–Trinajstić information content (AvgIpc) is 2.38. The molecular weight excluding hydrogens is 253 g/mol. The van der Waals surface area contributed by atoms with E-state index < -0.39 is 0 Å². The minimum absolute atomic E-state index is 0.255. The first-order chi connectivity index (χ1) is 8.77. The van der Waals surface area contributed by atoms with Crippen molar-refractivity contribution in [3.63, 3.8) is 0 Å². The van der Waals surface area contributed by atoms with Crippen LogP contribution in [0.3, 0.4) is 0 Å². The topological polar surface area (TPSA) is 21.6 Å². The van der Waals surface area contributed by atoms with Gasteiger partial charge in [-0.1, -0.05) is 53.2 Å². The smallest absolute Gasteiger partial charge is 0.143 e. The zero-order valence-electron chi connectivity index (χ0n) is 9.51. The fraction of sp³-hybridized carbons (Fsp3) is 0.0714. The highest BCUT2D eigenvalue weighted by Crippen LogP contribution is 2.15. The number of hydrogen-bond acceptors (Lipinski definition) is 2. The maximum Gasteiger partial charge on any atom is 0.143 e. The van der Waals surface area contributed by atoms with Crippen molar-refractivity contribution in [3.8, 4) is 0 Å². The summed E-state index contributed by atoms with van der Waals surface area (Å²) in [5.41, 5.74) is 1.22. The largest absolute Gasteiger partial charge is 0.391 e. The highest BCUT2D eigenvalue weighted by atomic mass is 35.5. The lowest BCUT2D eigenvalue weighted by Crippen LogP contribution is -1.91. The molecule has 0 saturated heterocycles. The summed E-state index contributed by atoms with van der Waals surface area (Å²) >= 11 is 5.95. The molecule has 0 bridgehead atoms. The summed E-state index contributed by atoms with van der Waals surface area (Å²) in [6, 6.07) is 13.7. The zero-order valence-corrected chi connectivity index (χ0v) is 10.3. The molecule has 2 aromatic carbocycles. The fourth-order valence-electron chi connectivity index (χ4n) is 1.40. The molecule has 2 rings (SSSR count). The van der Waals surface area contributed by atoms with Crippen LogP contribution in [0.2, 0.25) is 5.02 Å². The van der Waals surface area contributed by atoms with Crippen molar-refractivity contribution in [2.24, 2.45) is 5.16 Å². The maximum absolute atomic E-state index is 13.2. The minimum Gasteiger partial charge on any atom is -0.391 e. The van der Waals surface area contributed by atoms with Gasteiger partial charge in [0.25, 0.3) is 0 Å². The summed E-state index contributed by atoms with van der Waals surface area (Å²) in [6.07, 6.45) is 1.34. The molecule has 18 heavy (non-hydrogen) atoms. The van der Waals surface area contributed by atoms with E-state index in [1.165, 1.54) is 12.3 Å². The third-order valence-corrected chi connectivity index (χ3v) is 2.72. The van der Waals surface area contributed by atoms with Gasteiger partial charge in [-0.15, -0.1) is 0 Å². The average molecular weight is 264 g/mol. The van der Waals surface area contributed by atoms with Gasteiger partial charge < -0.3 is 4.84 Å². The van der Waals surface area contributed by atoms with Crippen molar-refractivity contribution in [1.29, 1.82) is 0 Å². The normalized spacial score (nSPS) is 10.8. The number of benzene rings is 2. The Bertz CT molecular complexity index is 557. The van der Waals surface area contributed by atoms with E-state index in [4.69, 9.17) is 16.4 Å². The van der Waals surface area contributed by atoms with Crippen molar-refractivity contribution < 1.29 is 9.23 Å². The molecule has 2 aromatic rings. The van der Waals surface area contributed by atoms with E-state index in [9.17, 15) is 4.39 Å². The predicted molar refractivity (Wildman–Crippen MR) is 70.2 cm³/mol. The van der Waals surface area contributed by atoms with Crippen LogP contribution in [0.15, 0.2) is 53.7 Å². The Kier molecular flexibility index (Phi) is 4.31. The summed E-state index contributed by atoms with van der Waals surface area (Å²) in [4.78, 5) is 5.08. The lowest BCUT2D eigenvalue weighted by atomic mass is 10.2. The first-order valence-electron chi connectivity index (χ1n) is 5.40. The number of rotatable bonds is 4. The van der Waals surface area contributed by atoms with Gasteiger partial charge in [0.05, 0.1) is 6.21 Å². The lowest BCUT2D eigenvalue weighted by molar-refractivity contribution is 0.132. The molecule has 0 aromatic heterocycles. The molecule has 0 aliphatic carbocycles. The maximum atomic E-state index is 13.2. The Morgan fingerprint density at radius 1 is 1.11 bits per heavy atom. The molecule has 2 nitrogen and oxygen atoms in total. The third-order valence-electron chi connectivity index (χ3n) is 2.35. The van der Waals surface area contributed by atoms with Crippen molar-refractivity contribution >= 4 is 17.8 Å². The van der Waals surface area contributed by atoms with Gasteiger partial charge in [0.15, 0.2) is 0 Å². The molecule has 0 atom stereocenters. The van der Waals surface area contributed by atoms with E-state index in [2.05, 4.69) is 5.16 Å². The van der Waals surface area contributed by atoms with Crippen LogP contribution < -0.4 is 0 Å². The first-order valence-corrected chi connectivity index (χ1v) is 5.78. The highest BCUT2D eigenvalue weighted by Gasteiger charge is 1.99. The SMILES string of the molecule is Fc1ccccc1C=NOCc1ccccc1Cl. The van der Waals surface area contributed by atoms with Gasteiger partial charge in [-0.3, -0.25) is 0 Å². The molecule has 0 unspecified atom stereocenters. The first kappa shape index (κ1) is 12.6. The van der Waals surface area contributed by atoms with Crippen molar-refractivity contribution in [2.45, 2.75) is 6.61 Å². The Hall–Kier alpha value is -1.87. The van der Waals surface area contributed by atoms with E-state index in [1.54, 1.807) is 24.3 Å². The van der Waals surface area contributed by atoms with Gasteiger partial charge in [0, 0.05) is 16.1 Å². The van der Waals surface area contributed by atoms with Crippen molar-refractivity contribution in [3.05, 3.63) is 70.5 Å². The van der Waals surface area contributed by atoms with Crippen LogP contribution >= 0.6 is 11.6 Å². The summed E-state index contributed by atoms with van der Waals surface area (Å²) in [5.74, 6) is -0.331. The highest BCUT2D eigenvalue weighted by molar-refractivity contribution is 6.31. The van der Waals surface area contributed by atoms with Gasteiger partial charge in [0.2, 0.25) is 0 Å². The van der Waals surface area contributed by atoms with Crippen LogP contribution in [0.1, 0.15) is 11.1 Å². The molecule has 0 aliphatic rings. The minimum atomic E-state index is -0.331. The lowest BCUT2D eigenvalue weighted by Gasteiger charge is -2.01. The van der Waals surface area contributed by atoms with Gasteiger partial charge in [-0.25, -0.2) is 4.39 Å². The van der Waals surface area contributed by atoms with Gasteiger partial charge >= 0.3 is 0 Å². The van der Waals surface area contributed by atoms with Crippen molar-refractivity contribution in [1.82, 2.24) is 0 Å². The Morgan fingerprint density at radius 2 is 1.83 bits per heavy atom. The number of oxime groups is 1. The van der Waals surface area contributed by atoms with E-state index in [1.807, 2.05) is 18.2 Å². The van der Waals surface area contributed by atoms with Gasteiger partial charge in [0.1, 0.15) is 12.4 Å². The summed E-state index contributed by atoms with van der Waals surface area (Å²) in [5, 5.41) is 4.34. The molecule has 0 fully saturated rings. The summed E-state index contributed by atoms with van der Waals surface area (Å²) in [6.45, 7) is 0.255. The fourth-order valence-corrected chi connectivity index (χ4v) is 1.59. The molecule has 4 heteroatoms. The van der Waals surface area contributed by atoms with Crippen LogP contribution in [0, 0.1) is 5.82 Å². The van der Waals surface area contributed by atoms with Gasteiger partial charge in [-0.05, 0) is 12.1 Å². The molecule has 0 spiro atoms. The van der Waals surface area contributed by atoms with Crippen LogP contribution in [0.4, 0.5) is 4.39 Å². The molecule has 0 saturated carbocycles. The van der Waals surface area contributed by atoms with Crippen molar-refractivity contribution in [2.75, 3.05) is 0 Å². The zero-order chi connectivity index (χ0) is 12.8. The number of halogens is 2. The Balaban J connectivity index is 1.93. The van der Waals surface area contributed by atoms with E-state index in [0.29, 0.717) is 10.6 Å². The summed E-state index contributed by atoms with van der Waals surface area (Å²) in [7, 11) is 0. The second-order valence-corrected chi connectivity index (χ2v) is 4.03. The van der Waals surface area contributed by atoms with Crippen LogP contribution in [-0.2, 0) is 11.4 Å². The van der Waals surface area contributed by atoms with Crippen LogP contribution in [0.5, 0.6) is 0 Å². The van der Waals surface area contributed by atoms with Crippen LogP contribution in [-0.4, -0.2) is 6.21 Å². The monoisotopic (exact) mass is 263 g/mol.